The van der Waals surface area contributed by atoms with Gasteiger partial charge in [-0.1, -0.05) is 46.8 Å². The number of amides is 1. The molecular formula is C18H16ClN5O3S2. The van der Waals surface area contributed by atoms with Gasteiger partial charge in [-0.25, -0.2) is 0 Å². The number of carbonyl (C=O) groups is 1. The molecule has 0 fully saturated rings. The van der Waals surface area contributed by atoms with Crippen LogP contribution in [0.3, 0.4) is 0 Å². The molecule has 11 heteroatoms. The van der Waals surface area contributed by atoms with E-state index in [1.807, 2.05) is 31.2 Å². The summed E-state index contributed by atoms with van der Waals surface area (Å²) in [4.78, 5) is 22.7. The van der Waals surface area contributed by atoms with Gasteiger partial charge in [0.25, 0.3) is 5.69 Å². The van der Waals surface area contributed by atoms with Crippen LogP contribution in [0.2, 0.25) is 5.02 Å². The number of benzene rings is 2. The molecule has 8 nitrogen and oxygen atoms in total. The van der Waals surface area contributed by atoms with Crippen LogP contribution in [-0.4, -0.2) is 26.3 Å². The number of aromatic nitrogens is 2. The lowest BCUT2D eigenvalue weighted by atomic mass is 10.2. The van der Waals surface area contributed by atoms with Gasteiger partial charge in [0, 0.05) is 17.8 Å². The number of rotatable bonds is 7. The van der Waals surface area contributed by atoms with Crippen molar-refractivity contribution in [2.45, 2.75) is 23.4 Å². The Balaban J connectivity index is 1.60. The van der Waals surface area contributed by atoms with Gasteiger partial charge in [-0.3, -0.25) is 14.9 Å². The summed E-state index contributed by atoms with van der Waals surface area (Å²) in [6, 6.07) is 11.8. The summed E-state index contributed by atoms with van der Waals surface area (Å²) in [5, 5.41) is 25.1. The number of hydrogen-bond acceptors (Lipinski definition) is 8. The molecule has 1 atom stereocenters. The fraction of sp³-hybridized carbons (Fsp3) is 0.167. The maximum Gasteiger partial charge on any atom is 0.271 e. The molecule has 0 spiro atoms. The molecule has 1 aromatic heterocycles. The largest absolute Gasteiger partial charge is 0.330 e. The van der Waals surface area contributed by atoms with Crippen LogP contribution >= 0.6 is 34.7 Å². The third-order valence-corrected chi connectivity index (χ3v) is 6.08. The molecule has 2 aromatic carbocycles. The topological polar surface area (TPSA) is 110 Å². The predicted octanol–water partition coefficient (Wildman–Crippen LogP) is 5.27. The zero-order valence-corrected chi connectivity index (χ0v) is 17.8. The fourth-order valence-electron chi connectivity index (χ4n) is 2.31. The molecule has 3 aromatic rings. The Bertz CT molecular complexity index is 1060. The van der Waals surface area contributed by atoms with Crippen molar-refractivity contribution in [1.29, 1.82) is 0 Å². The minimum absolute atomic E-state index is 0.102. The number of nitrogens with zero attached hydrogens (tertiary/aromatic N) is 3. The molecule has 0 saturated heterocycles. The molecule has 29 heavy (non-hydrogen) atoms. The maximum atomic E-state index is 12.4. The fourth-order valence-corrected chi connectivity index (χ4v) is 4.45. The van der Waals surface area contributed by atoms with Gasteiger partial charge in [-0.15, -0.1) is 10.2 Å². The molecule has 1 unspecified atom stereocenters. The first-order valence-electron chi connectivity index (χ1n) is 8.40. The zero-order valence-electron chi connectivity index (χ0n) is 15.4. The van der Waals surface area contributed by atoms with Crippen LogP contribution in [0.1, 0.15) is 12.5 Å². The van der Waals surface area contributed by atoms with Crippen LogP contribution in [0.15, 0.2) is 46.8 Å². The van der Waals surface area contributed by atoms with E-state index in [9.17, 15) is 14.9 Å². The Morgan fingerprint density at radius 3 is 2.76 bits per heavy atom. The standard InChI is InChI=1S/C18H16ClN5O3S2/c1-10-4-3-5-12(8-10)20-17-22-23-18(29-17)28-11(2)16(25)21-15-7-6-13(24(26)27)9-14(15)19/h3-9,11H,1-2H3,(H,20,22)(H,21,25). The van der Waals surface area contributed by atoms with Crippen molar-refractivity contribution in [2.24, 2.45) is 0 Å². The van der Waals surface area contributed by atoms with Crippen molar-refractivity contribution >= 4 is 62.8 Å². The van der Waals surface area contributed by atoms with Gasteiger partial charge < -0.3 is 10.6 Å². The molecule has 0 radical (unpaired) electrons. The number of nitro groups is 1. The average Bonchev–Trinajstić information content (AvgIpc) is 3.09. The van der Waals surface area contributed by atoms with E-state index in [1.54, 1.807) is 6.92 Å². The third kappa shape index (κ3) is 5.66. The van der Waals surface area contributed by atoms with Gasteiger partial charge in [0.2, 0.25) is 11.0 Å². The molecule has 0 saturated carbocycles. The summed E-state index contributed by atoms with van der Waals surface area (Å²) in [5.74, 6) is -0.297. The van der Waals surface area contributed by atoms with Gasteiger partial charge in [-0.05, 0) is 37.6 Å². The lowest BCUT2D eigenvalue weighted by molar-refractivity contribution is -0.384. The molecule has 0 aliphatic rings. The highest BCUT2D eigenvalue weighted by Gasteiger charge is 2.19. The average molecular weight is 450 g/mol. The highest BCUT2D eigenvalue weighted by atomic mass is 35.5. The summed E-state index contributed by atoms with van der Waals surface area (Å²) in [7, 11) is 0. The third-order valence-electron chi connectivity index (χ3n) is 3.74. The Morgan fingerprint density at radius 1 is 1.28 bits per heavy atom. The van der Waals surface area contributed by atoms with Crippen LogP contribution in [0, 0.1) is 17.0 Å². The first-order chi connectivity index (χ1) is 13.8. The summed E-state index contributed by atoms with van der Waals surface area (Å²) in [5.41, 5.74) is 2.22. The Morgan fingerprint density at radius 2 is 2.07 bits per heavy atom. The number of nitro benzene ring substituents is 1. The van der Waals surface area contributed by atoms with Crippen LogP contribution in [0.4, 0.5) is 22.2 Å². The van der Waals surface area contributed by atoms with Crippen LogP contribution in [0.25, 0.3) is 0 Å². The van der Waals surface area contributed by atoms with Gasteiger partial charge in [0.1, 0.15) is 0 Å². The number of thioether (sulfide) groups is 1. The van der Waals surface area contributed by atoms with E-state index in [-0.39, 0.29) is 16.6 Å². The number of nitrogens with one attached hydrogen (secondary N) is 2. The monoisotopic (exact) mass is 449 g/mol. The Kier molecular flexibility index (Phi) is 6.68. The smallest absolute Gasteiger partial charge is 0.271 e. The number of aryl methyl sites for hydroxylation is 1. The molecule has 3 rings (SSSR count). The van der Waals surface area contributed by atoms with Crippen LogP contribution in [-0.2, 0) is 4.79 Å². The van der Waals surface area contributed by atoms with E-state index >= 15 is 0 Å². The number of anilines is 3. The second-order valence-corrected chi connectivity index (χ2v) is 9.01. The first-order valence-corrected chi connectivity index (χ1v) is 10.5. The van der Waals surface area contributed by atoms with E-state index in [4.69, 9.17) is 11.6 Å². The molecule has 0 bridgehead atoms. The maximum absolute atomic E-state index is 12.4. The van der Waals surface area contributed by atoms with Crippen molar-refractivity contribution in [3.63, 3.8) is 0 Å². The molecule has 1 amide bonds. The number of halogens is 1. The molecule has 0 aliphatic carbocycles. The summed E-state index contributed by atoms with van der Waals surface area (Å²) in [6.45, 7) is 3.73. The molecule has 150 valence electrons. The van der Waals surface area contributed by atoms with Crippen molar-refractivity contribution in [2.75, 3.05) is 10.6 Å². The number of hydrogen-bond donors (Lipinski definition) is 2. The molecule has 0 aliphatic heterocycles. The zero-order chi connectivity index (χ0) is 21.0. The minimum atomic E-state index is -0.548. The van der Waals surface area contributed by atoms with E-state index in [1.165, 1.54) is 41.3 Å². The van der Waals surface area contributed by atoms with E-state index in [2.05, 4.69) is 20.8 Å². The van der Waals surface area contributed by atoms with E-state index < -0.39 is 10.2 Å². The molecular weight excluding hydrogens is 434 g/mol. The van der Waals surface area contributed by atoms with Crippen molar-refractivity contribution in [3.05, 3.63) is 63.2 Å². The lowest BCUT2D eigenvalue weighted by Gasteiger charge is -2.11. The Hall–Kier alpha value is -2.69. The number of non-ortho nitro benzene ring substituents is 1. The summed E-state index contributed by atoms with van der Waals surface area (Å²) in [6.07, 6.45) is 0. The Labute approximate surface area is 179 Å². The SMILES string of the molecule is Cc1cccc(Nc2nnc(SC(C)C(=O)Nc3ccc([N+](=O)[O-])cc3Cl)s2)c1. The van der Waals surface area contributed by atoms with Gasteiger partial charge in [-0.2, -0.15) is 0 Å². The molecule has 2 N–H and O–H groups in total. The quantitative estimate of drug-likeness (QED) is 0.287. The molecule has 1 heterocycles. The van der Waals surface area contributed by atoms with Gasteiger partial charge >= 0.3 is 0 Å². The van der Waals surface area contributed by atoms with Crippen molar-refractivity contribution in [1.82, 2.24) is 10.2 Å². The minimum Gasteiger partial charge on any atom is -0.330 e. The highest BCUT2D eigenvalue weighted by molar-refractivity contribution is 8.02. The van der Waals surface area contributed by atoms with E-state index in [0.29, 0.717) is 15.2 Å². The second kappa shape index (κ2) is 9.21. The van der Waals surface area contributed by atoms with Gasteiger partial charge in [0.15, 0.2) is 4.34 Å². The lowest BCUT2D eigenvalue weighted by Crippen LogP contribution is -2.22. The van der Waals surface area contributed by atoms with E-state index in [0.717, 1.165) is 11.3 Å². The summed E-state index contributed by atoms with van der Waals surface area (Å²) >= 11 is 8.62. The van der Waals surface area contributed by atoms with Crippen molar-refractivity contribution in [3.8, 4) is 0 Å². The van der Waals surface area contributed by atoms with Crippen LogP contribution in [0.5, 0.6) is 0 Å². The summed E-state index contributed by atoms with van der Waals surface area (Å²) < 4.78 is 0.637. The van der Waals surface area contributed by atoms with Crippen molar-refractivity contribution < 1.29 is 9.72 Å². The second-order valence-electron chi connectivity index (χ2n) is 6.04. The normalized spacial score (nSPS) is 11.7. The highest BCUT2D eigenvalue weighted by Crippen LogP contribution is 2.32. The van der Waals surface area contributed by atoms with Crippen LogP contribution < -0.4 is 10.6 Å². The number of carbonyl (C=O) groups excluding carboxylic acids is 1. The van der Waals surface area contributed by atoms with Gasteiger partial charge in [0.05, 0.1) is 20.9 Å². The predicted molar refractivity (Wildman–Crippen MR) is 116 cm³/mol. The first kappa shape index (κ1) is 21.0.